The van der Waals surface area contributed by atoms with Crippen molar-refractivity contribution in [3.8, 4) is 0 Å². The standard InChI is InChI=1S/C21H22N2O2S/c1-15-6-2-3-7-17(15)13-23-18-12-16(21(25)22-10-4-5-11-22)8-9-19(18)26-14-20(23)24/h2-3,6-9,12H,4-5,10-11,13-14H2,1H3. The Bertz CT molecular complexity index is 859. The molecule has 0 radical (unpaired) electrons. The number of thioether (sulfide) groups is 1. The predicted octanol–water partition coefficient (Wildman–Crippen LogP) is 3.87. The second-order valence-corrected chi connectivity index (χ2v) is 7.89. The Hall–Kier alpha value is -2.27. The minimum absolute atomic E-state index is 0.0733. The fraction of sp³-hybridized carbons (Fsp3) is 0.333. The van der Waals surface area contributed by atoms with E-state index in [9.17, 15) is 9.59 Å². The van der Waals surface area contributed by atoms with Crippen LogP contribution in [0.2, 0.25) is 0 Å². The number of aryl methyl sites for hydroxylation is 1. The van der Waals surface area contributed by atoms with Gasteiger partial charge in [0.2, 0.25) is 5.91 Å². The van der Waals surface area contributed by atoms with E-state index in [1.807, 2.05) is 40.1 Å². The molecule has 2 heterocycles. The van der Waals surface area contributed by atoms with Gasteiger partial charge in [-0.25, -0.2) is 0 Å². The van der Waals surface area contributed by atoms with Crippen molar-refractivity contribution in [1.29, 1.82) is 0 Å². The molecule has 4 nitrogen and oxygen atoms in total. The Morgan fingerprint density at radius 2 is 1.88 bits per heavy atom. The molecule has 0 unspecified atom stereocenters. The topological polar surface area (TPSA) is 40.6 Å². The van der Waals surface area contributed by atoms with E-state index in [1.165, 1.54) is 5.56 Å². The molecule has 0 spiro atoms. The fourth-order valence-corrected chi connectivity index (χ4v) is 4.49. The molecular formula is C21H22N2O2S. The van der Waals surface area contributed by atoms with Gasteiger partial charge in [-0.1, -0.05) is 24.3 Å². The van der Waals surface area contributed by atoms with Crippen molar-refractivity contribution in [2.24, 2.45) is 0 Å². The first-order chi connectivity index (χ1) is 12.6. The summed E-state index contributed by atoms with van der Waals surface area (Å²) in [6.45, 7) is 4.26. The van der Waals surface area contributed by atoms with E-state index in [-0.39, 0.29) is 11.8 Å². The summed E-state index contributed by atoms with van der Waals surface area (Å²) < 4.78 is 0. The van der Waals surface area contributed by atoms with Crippen LogP contribution in [0, 0.1) is 6.92 Å². The van der Waals surface area contributed by atoms with Crippen LogP contribution in [-0.4, -0.2) is 35.6 Å². The molecular weight excluding hydrogens is 344 g/mol. The van der Waals surface area contributed by atoms with Gasteiger partial charge in [0.05, 0.1) is 18.0 Å². The van der Waals surface area contributed by atoms with E-state index < -0.39 is 0 Å². The van der Waals surface area contributed by atoms with Crippen LogP contribution >= 0.6 is 11.8 Å². The summed E-state index contributed by atoms with van der Waals surface area (Å²) in [5.41, 5.74) is 3.84. The van der Waals surface area contributed by atoms with Crippen molar-refractivity contribution < 1.29 is 9.59 Å². The van der Waals surface area contributed by atoms with E-state index in [2.05, 4.69) is 19.1 Å². The number of rotatable bonds is 3. The molecule has 0 saturated carbocycles. The van der Waals surface area contributed by atoms with Gasteiger partial charge >= 0.3 is 0 Å². The van der Waals surface area contributed by atoms with Gasteiger partial charge in [-0.3, -0.25) is 9.59 Å². The summed E-state index contributed by atoms with van der Waals surface area (Å²) in [6.07, 6.45) is 2.15. The summed E-state index contributed by atoms with van der Waals surface area (Å²) in [7, 11) is 0. The second-order valence-electron chi connectivity index (χ2n) is 6.88. The third kappa shape index (κ3) is 3.23. The summed E-state index contributed by atoms with van der Waals surface area (Å²) in [5, 5.41) is 0. The summed E-state index contributed by atoms with van der Waals surface area (Å²) in [5.74, 6) is 0.610. The van der Waals surface area contributed by atoms with E-state index in [4.69, 9.17) is 0 Å². The number of likely N-dealkylation sites (tertiary alicyclic amines) is 1. The third-order valence-corrected chi connectivity index (χ3v) is 6.18. The molecule has 0 N–H and O–H groups in total. The van der Waals surface area contributed by atoms with Crippen LogP contribution in [0.4, 0.5) is 5.69 Å². The molecule has 2 aromatic rings. The highest BCUT2D eigenvalue weighted by Crippen LogP contribution is 2.37. The average Bonchev–Trinajstić information content (AvgIpc) is 3.19. The van der Waals surface area contributed by atoms with Gasteiger partial charge in [-0.15, -0.1) is 11.8 Å². The number of hydrogen-bond acceptors (Lipinski definition) is 3. The van der Waals surface area contributed by atoms with E-state index in [0.717, 1.165) is 42.1 Å². The van der Waals surface area contributed by atoms with Crippen LogP contribution in [0.15, 0.2) is 47.4 Å². The lowest BCUT2D eigenvalue weighted by Gasteiger charge is -2.30. The lowest BCUT2D eigenvalue weighted by molar-refractivity contribution is -0.116. The van der Waals surface area contributed by atoms with Crippen molar-refractivity contribution in [2.75, 3.05) is 23.7 Å². The molecule has 0 atom stereocenters. The molecule has 0 aromatic heterocycles. The minimum atomic E-state index is 0.0733. The van der Waals surface area contributed by atoms with Crippen molar-refractivity contribution in [2.45, 2.75) is 31.2 Å². The SMILES string of the molecule is Cc1ccccc1CN1C(=O)CSc2ccc(C(=O)N3CCCC3)cc21. The van der Waals surface area contributed by atoms with Crippen LogP contribution < -0.4 is 4.90 Å². The molecule has 134 valence electrons. The summed E-state index contributed by atoms with van der Waals surface area (Å²) in [4.78, 5) is 30.2. The Morgan fingerprint density at radius 1 is 1.12 bits per heavy atom. The fourth-order valence-electron chi connectivity index (χ4n) is 3.57. The molecule has 2 amide bonds. The van der Waals surface area contributed by atoms with Gasteiger partial charge in [-0.2, -0.15) is 0 Å². The number of carbonyl (C=O) groups is 2. The normalized spacial score (nSPS) is 16.7. The van der Waals surface area contributed by atoms with Crippen molar-refractivity contribution in [3.05, 3.63) is 59.2 Å². The first-order valence-corrected chi connectivity index (χ1v) is 10.0. The van der Waals surface area contributed by atoms with Crippen molar-refractivity contribution >= 4 is 29.3 Å². The van der Waals surface area contributed by atoms with Crippen LogP contribution in [0.5, 0.6) is 0 Å². The van der Waals surface area contributed by atoms with Crippen molar-refractivity contribution in [1.82, 2.24) is 4.90 Å². The number of hydrogen-bond donors (Lipinski definition) is 0. The maximum atomic E-state index is 12.7. The van der Waals surface area contributed by atoms with Gasteiger partial charge in [0.15, 0.2) is 0 Å². The first-order valence-electron chi connectivity index (χ1n) is 9.04. The number of amides is 2. The number of nitrogens with zero attached hydrogens (tertiary/aromatic N) is 2. The third-order valence-electron chi connectivity index (χ3n) is 5.13. The molecule has 5 heteroatoms. The maximum Gasteiger partial charge on any atom is 0.253 e. The van der Waals surface area contributed by atoms with Crippen molar-refractivity contribution in [3.63, 3.8) is 0 Å². The molecule has 1 fully saturated rings. The summed E-state index contributed by atoms with van der Waals surface area (Å²) >= 11 is 1.55. The lowest BCUT2D eigenvalue weighted by Crippen LogP contribution is -2.35. The van der Waals surface area contributed by atoms with Crippen LogP contribution in [0.1, 0.15) is 34.3 Å². The number of anilines is 1. The largest absolute Gasteiger partial charge is 0.339 e. The quantitative estimate of drug-likeness (QED) is 0.828. The van der Waals surface area contributed by atoms with Gasteiger partial charge in [0, 0.05) is 23.5 Å². The molecule has 2 aliphatic rings. The second kappa shape index (κ2) is 7.16. The van der Waals surface area contributed by atoms with E-state index >= 15 is 0 Å². The molecule has 2 aliphatic heterocycles. The van der Waals surface area contributed by atoms with E-state index in [0.29, 0.717) is 17.9 Å². The highest BCUT2D eigenvalue weighted by atomic mass is 32.2. The zero-order valence-electron chi connectivity index (χ0n) is 14.9. The molecule has 1 saturated heterocycles. The molecule has 2 aromatic carbocycles. The average molecular weight is 366 g/mol. The molecule has 26 heavy (non-hydrogen) atoms. The minimum Gasteiger partial charge on any atom is -0.339 e. The van der Waals surface area contributed by atoms with Crippen LogP contribution in [0.3, 0.4) is 0 Å². The Morgan fingerprint density at radius 3 is 2.65 bits per heavy atom. The van der Waals surface area contributed by atoms with Crippen LogP contribution in [0.25, 0.3) is 0 Å². The highest BCUT2D eigenvalue weighted by molar-refractivity contribution is 8.00. The van der Waals surface area contributed by atoms with Gasteiger partial charge in [-0.05, 0) is 49.1 Å². The Labute approximate surface area is 158 Å². The lowest BCUT2D eigenvalue weighted by atomic mass is 10.1. The predicted molar refractivity (Wildman–Crippen MR) is 105 cm³/mol. The Balaban J connectivity index is 1.67. The number of carbonyl (C=O) groups excluding carboxylic acids is 2. The number of fused-ring (bicyclic) bond motifs is 1. The zero-order chi connectivity index (χ0) is 18.1. The monoisotopic (exact) mass is 366 g/mol. The molecule has 0 bridgehead atoms. The highest BCUT2D eigenvalue weighted by Gasteiger charge is 2.27. The first kappa shape index (κ1) is 17.2. The zero-order valence-corrected chi connectivity index (χ0v) is 15.7. The van der Waals surface area contributed by atoms with Gasteiger partial charge in [0.1, 0.15) is 0 Å². The smallest absolute Gasteiger partial charge is 0.253 e. The summed E-state index contributed by atoms with van der Waals surface area (Å²) in [6, 6.07) is 13.9. The molecule has 4 rings (SSSR count). The maximum absolute atomic E-state index is 12.7. The van der Waals surface area contributed by atoms with Gasteiger partial charge < -0.3 is 9.80 Å². The van der Waals surface area contributed by atoms with Crippen LogP contribution in [-0.2, 0) is 11.3 Å². The van der Waals surface area contributed by atoms with E-state index in [1.54, 1.807) is 11.8 Å². The number of benzene rings is 2. The Kier molecular flexibility index (Phi) is 4.72. The molecule has 0 aliphatic carbocycles. The van der Waals surface area contributed by atoms with Gasteiger partial charge in [0.25, 0.3) is 5.91 Å².